The van der Waals surface area contributed by atoms with Crippen molar-refractivity contribution in [2.75, 3.05) is 4.90 Å². The van der Waals surface area contributed by atoms with Crippen LogP contribution in [0.2, 0.25) is 0 Å². The molecule has 1 saturated carbocycles. The molecule has 1 amide bonds. The van der Waals surface area contributed by atoms with E-state index in [9.17, 15) is 9.90 Å². The van der Waals surface area contributed by atoms with E-state index in [4.69, 9.17) is 0 Å². The molecule has 1 fully saturated rings. The third-order valence-electron chi connectivity index (χ3n) is 5.56. The van der Waals surface area contributed by atoms with Gasteiger partial charge in [0.1, 0.15) is 0 Å². The number of fused-ring (bicyclic) bond motifs is 2. The first-order chi connectivity index (χ1) is 11.7. The molecular weight excluding hydrogens is 298 g/mol. The minimum absolute atomic E-state index is 0.0917. The molecule has 1 spiro atoms. The summed E-state index contributed by atoms with van der Waals surface area (Å²) in [4.78, 5) is 15.3. The Morgan fingerprint density at radius 2 is 1.88 bits per heavy atom. The summed E-state index contributed by atoms with van der Waals surface area (Å²) >= 11 is 0. The summed E-state index contributed by atoms with van der Waals surface area (Å²) in [6.45, 7) is 4.45. The van der Waals surface area contributed by atoms with Crippen LogP contribution >= 0.6 is 0 Å². The van der Waals surface area contributed by atoms with Crippen molar-refractivity contribution in [2.24, 2.45) is 5.92 Å². The van der Waals surface area contributed by atoms with Gasteiger partial charge in [-0.25, -0.2) is 0 Å². The molecule has 0 aromatic heterocycles. The van der Waals surface area contributed by atoms with Crippen molar-refractivity contribution in [3.63, 3.8) is 0 Å². The number of carbonyl (C=O) groups excluding carboxylic acids is 1. The predicted octanol–water partition coefficient (Wildman–Crippen LogP) is 3.43. The lowest BCUT2D eigenvalue weighted by molar-refractivity contribution is -0.124. The molecule has 0 saturated heterocycles. The van der Waals surface area contributed by atoms with Crippen molar-refractivity contribution in [3.05, 3.63) is 78.4 Å². The number of aliphatic hydroxyl groups excluding tert-OH is 1. The Balaban J connectivity index is 1.82. The largest absolute Gasteiger partial charge is 0.392 e. The van der Waals surface area contributed by atoms with Crippen molar-refractivity contribution in [1.29, 1.82) is 0 Å². The summed E-state index contributed by atoms with van der Waals surface area (Å²) in [5.74, 6) is -0.138. The third-order valence-corrected chi connectivity index (χ3v) is 5.56. The normalized spacial score (nSPS) is 28.4. The number of carbonyl (C=O) groups is 1. The maximum Gasteiger partial charge on any atom is 0.238 e. The molecule has 1 aliphatic heterocycles. The standard InChI is InChI=1S/C21H21NO2/c1-2-16-19(23)12-13-21(16)17-10-6-7-11-18(17)22(20(21)24)14-15-8-4-3-5-9-15/h2-11,16,19,23H,1,12-14H2/t16-,19+,21?/m0/s1. The lowest BCUT2D eigenvalue weighted by atomic mass is 9.72. The van der Waals surface area contributed by atoms with Crippen LogP contribution in [-0.4, -0.2) is 17.1 Å². The van der Waals surface area contributed by atoms with Gasteiger partial charge in [-0.05, 0) is 30.0 Å². The second-order valence-electron chi connectivity index (χ2n) is 6.73. The highest BCUT2D eigenvalue weighted by Crippen LogP contribution is 2.55. The van der Waals surface area contributed by atoms with Crippen LogP contribution in [0.25, 0.3) is 0 Å². The van der Waals surface area contributed by atoms with Gasteiger partial charge >= 0.3 is 0 Å². The Morgan fingerprint density at radius 3 is 2.62 bits per heavy atom. The van der Waals surface area contributed by atoms with Gasteiger partial charge < -0.3 is 10.0 Å². The summed E-state index contributed by atoms with van der Waals surface area (Å²) in [5, 5.41) is 10.4. The first-order valence-electron chi connectivity index (χ1n) is 8.44. The van der Waals surface area contributed by atoms with Gasteiger partial charge in [-0.1, -0.05) is 54.6 Å². The SMILES string of the molecule is C=C[C@H]1[C@H](O)CCC12C(=O)N(Cc1ccccc1)c1ccccc12. The van der Waals surface area contributed by atoms with Crippen molar-refractivity contribution in [1.82, 2.24) is 0 Å². The van der Waals surface area contributed by atoms with Crippen LogP contribution in [0, 0.1) is 5.92 Å². The van der Waals surface area contributed by atoms with Crippen LogP contribution in [0.3, 0.4) is 0 Å². The summed E-state index contributed by atoms with van der Waals surface area (Å²) in [6.07, 6.45) is 2.57. The second-order valence-corrected chi connectivity index (χ2v) is 6.73. The Kier molecular flexibility index (Phi) is 3.54. The fraction of sp³-hybridized carbons (Fsp3) is 0.286. The van der Waals surface area contributed by atoms with E-state index in [0.29, 0.717) is 19.4 Å². The van der Waals surface area contributed by atoms with Crippen molar-refractivity contribution in [3.8, 4) is 0 Å². The Hall–Kier alpha value is -2.39. The van der Waals surface area contributed by atoms with Crippen molar-refractivity contribution < 1.29 is 9.90 Å². The highest BCUT2D eigenvalue weighted by Gasteiger charge is 2.59. The number of hydrogen-bond donors (Lipinski definition) is 1. The smallest absolute Gasteiger partial charge is 0.238 e. The maximum atomic E-state index is 13.5. The van der Waals surface area contributed by atoms with E-state index in [-0.39, 0.29) is 11.8 Å². The number of anilines is 1. The molecule has 3 atom stereocenters. The molecule has 2 aromatic carbocycles. The molecule has 4 rings (SSSR count). The molecule has 1 N–H and O–H groups in total. The summed E-state index contributed by atoms with van der Waals surface area (Å²) in [6, 6.07) is 18.0. The Morgan fingerprint density at radius 1 is 1.17 bits per heavy atom. The Labute approximate surface area is 142 Å². The monoisotopic (exact) mass is 319 g/mol. The van der Waals surface area contributed by atoms with E-state index in [1.807, 2.05) is 59.5 Å². The van der Waals surface area contributed by atoms with Crippen LogP contribution in [0.4, 0.5) is 5.69 Å². The van der Waals surface area contributed by atoms with E-state index >= 15 is 0 Å². The Bertz CT molecular complexity index is 785. The zero-order valence-electron chi connectivity index (χ0n) is 13.6. The molecule has 1 aliphatic carbocycles. The zero-order chi connectivity index (χ0) is 16.7. The minimum Gasteiger partial charge on any atom is -0.392 e. The highest BCUT2D eigenvalue weighted by molar-refractivity contribution is 6.08. The number of para-hydroxylation sites is 1. The minimum atomic E-state index is -0.660. The molecule has 0 radical (unpaired) electrons. The molecule has 24 heavy (non-hydrogen) atoms. The first-order valence-corrected chi connectivity index (χ1v) is 8.44. The van der Waals surface area contributed by atoms with Gasteiger partial charge in [0.15, 0.2) is 0 Å². The molecule has 1 unspecified atom stereocenters. The van der Waals surface area contributed by atoms with E-state index in [0.717, 1.165) is 16.8 Å². The number of hydrogen-bond acceptors (Lipinski definition) is 2. The van der Waals surface area contributed by atoms with Gasteiger partial charge in [0.05, 0.1) is 18.1 Å². The predicted molar refractivity (Wildman–Crippen MR) is 94.7 cm³/mol. The van der Waals surface area contributed by atoms with Gasteiger partial charge in [0.2, 0.25) is 5.91 Å². The van der Waals surface area contributed by atoms with Gasteiger partial charge in [0.25, 0.3) is 0 Å². The molecule has 2 aliphatic rings. The number of rotatable bonds is 3. The molecular formula is C21H21NO2. The van der Waals surface area contributed by atoms with Gasteiger partial charge in [0, 0.05) is 11.6 Å². The second kappa shape index (κ2) is 5.60. The van der Waals surface area contributed by atoms with Crippen LogP contribution in [0.15, 0.2) is 67.3 Å². The summed E-state index contributed by atoms with van der Waals surface area (Å²) in [5.41, 5.74) is 2.44. The molecule has 1 heterocycles. The third kappa shape index (κ3) is 1.98. The number of benzene rings is 2. The molecule has 0 bridgehead atoms. The lowest BCUT2D eigenvalue weighted by Crippen LogP contribution is -2.43. The van der Waals surface area contributed by atoms with Crippen LogP contribution < -0.4 is 4.90 Å². The average molecular weight is 319 g/mol. The van der Waals surface area contributed by atoms with E-state index in [1.54, 1.807) is 6.08 Å². The van der Waals surface area contributed by atoms with Crippen molar-refractivity contribution >= 4 is 11.6 Å². The average Bonchev–Trinajstić information content (AvgIpc) is 3.07. The first kappa shape index (κ1) is 15.2. The molecule has 3 heteroatoms. The van der Waals surface area contributed by atoms with Crippen LogP contribution in [0.1, 0.15) is 24.0 Å². The van der Waals surface area contributed by atoms with E-state index in [2.05, 4.69) is 6.58 Å². The quantitative estimate of drug-likeness (QED) is 0.881. The maximum absolute atomic E-state index is 13.5. The van der Waals surface area contributed by atoms with Gasteiger partial charge in [-0.2, -0.15) is 0 Å². The van der Waals surface area contributed by atoms with E-state index < -0.39 is 11.5 Å². The topological polar surface area (TPSA) is 40.5 Å². The van der Waals surface area contributed by atoms with Crippen molar-refractivity contribution in [2.45, 2.75) is 30.9 Å². The summed E-state index contributed by atoms with van der Waals surface area (Å²) < 4.78 is 0. The molecule has 3 nitrogen and oxygen atoms in total. The van der Waals surface area contributed by atoms with Gasteiger partial charge in [-0.15, -0.1) is 6.58 Å². The van der Waals surface area contributed by atoms with Gasteiger partial charge in [-0.3, -0.25) is 4.79 Å². The fourth-order valence-corrected chi connectivity index (χ4v) is 4.45. The van der Waals surface area contributed by atoms with Crippen LogP contribution in [-0.2, 0) is 16.8 Å². The van der Waals surface area contributed by atoms with E-state index in [1.165, 1.54) is 0 Å². The number of amides is 1. The zero-order valence-corrected chi connectivity index (χ0v) is 13.6. The molecule has 2 aromatic rings. The number of aliphatic hydroxyl groups is 1. The summed E-state index contributed by atoms with van der Waals surface area (Å²) in [7, 11) is 0. The lowest BCUT2D eigenvalue weighted by Gasteiger charge is -2.30. The van der Waals surface area contributed by atoms with Crippen LogP contribution in [0.5, 0.6) is 0 Å². The molecule has 122 valence electrons. The fourth-order valence-electron chi connectivity index (χ4n) is 4.45. The number of nitrogens with zero attached hydrogens (tertiary/aromatic N) is 1. The highest BCUT2D eigenvalue weighted by atomic mass is 16.3.